The third-order valence-corrected chi connectivity index (χ3v) is 10.5. The molecule has 1 aromatic carbocycles. The standard InChI is InChI=1S/C16H15Cl2N3O6S4/c17-12-7-11(14(8-13(12)18)21-30(24,25)15-4-2-6-28-15)16(31(20,26)27)5-1-3-10(9-16)29(19,22)23/h1-8,21H,9H2,(H2,19,22,23)(H2,20,26,27). The number of hydrogen-bond donors (Lipinski definition) is 3. The second-order valence-corrected chi connectivity index (χ2v) is 13.6. The van der Waals surface area contributed by atoms with Crippen LogP contribution in [0, 0.1) is 0 Å². The summed E-state index contributed by atoms with van der Waals surface area (Å²) in [7, 11) is -13.0. The van der Waals surface area contributed by atoms with Crippen LogP contribution in [0.15, 0.2) is 57.0 Å². The van der Waals surface area contributed by atoms with Gasteiger partial charge in [-0.1, -0.05) is 41.4 Å². The lowest BCUT2D eigenvalue weighted by Crippen LogP contribution is -2.42. The SMILES string of the molecule is NS(=O)(=O)C1=CC=CC(c2cc(Cl)c(Cl)cc2NS(=O)(=O)c2cccs2)(S(N)(=O)=O)C1. The highest BCUT2D eigenvalue weighted by Crippen LogP contribution is 2.46. The number of allylic oxidation sites excluding steroid dienone is 3. The first-order valence-electron chi connectivity index (χ1n) is 8.17. The Labute approximate surface area is 193 Å². The highest BCUT2D eigenvalue weighted by Gasteiger charge is 2.46. The Morgan fingerprint density at radius 1 is 1.03 bits per heavy atom. The molecule has 15 heteroatoms. The molecule has 1 heterocycles. The molecule has 0 fully saturated rings. The second-order valence-electron chi connectivity index (χ2n) is 6.50. The molecule has 0 bridgehead atoms. The highest BCUT2D eigenvalue weighted by atomic mass is 35.5. The minimum Gasteiger partial charge on any atom is -0.279 e. The predicted molar refractivity (Wildman–Crippen MR) is 121 cm³/mol. The quantitative estimate of drug-likeness (QED) is 0.505. The van der Waals surface area contributed by atoms with Crippen molar-refractivity contribution in [2.45, 2.75) is 15.4 Å². The van der Waals surface area contributed by atoms with E-state index in [1.165, 1.54) is 12.1 Å². The number of hydrogen-bond acceptors (Lipinski definition) is 7. The monoisotopic (exact) mass is 543 g/mol. The summed E-state index contributed by atoms with van der Waals surface area (Å²) in [5.74, 6) is 0. The van der Waals surface area contributed by atoms with Gasteiger partial charge in [-0.2, -0.15) is 0 Å². The lowest BCUT2D eigenvalue weighted by Gasteiger charge is -2.33. The van der Waals surface area contributed by atoms with Gasteiger partial charge in [0.15, 0.2) is 0 Å². The summed E-state index contributed by atoms with van der Waals surface area (Å²) < 4.78 is 74.9. The zero-order valence-corrected chi connectivity index (χ0v) is 20.1. The molecule has 2 aromatic rings. The number of thiophene rings is 1. The first kappa shape index (κ1) is 24.2. The van der Waals surface area contributed by atoms with Crippen molar-refractivity contribution in [1.82, 2.24) is 0 Å². The number of nitrogens with one attached hydrogen (secondary N) is 1. The Morgan fingerprint density at radius 2 is 1.68 bits per heavy atom. The number of benzene rings is 1. The Kier molecular flexibility index (Phi) is 6.37. The Hall–Kier alpha value is -1.45. The molecule has 0 spiro atoms. The van der Waals surface area contributed by atoms with Gasteiger partial charge in [0.2, 0.25) is 20.0 Å². The average molecular weight is 544 g/mol. The van der Waals surface area contributed by atoms with E-state index in [-0.39, 0.29) is 25.5 Å². The lowest BCUT2D eigenvalue weighted by atomic mass is 9.90. The van der Waals surface area contributed by atoms with E-state index in [2.05, 4.69) is 4.72 Å². The second kappa shape index (κ2) is 8.15. The van der Waals surface area contributed by atoms with Gasteiger partial charge < -0.3 is 0 Å². The van der Waals surface area contributed by atoms with Crippen LogP contribution in [0.25, 0.3) is 0 Å². The van der Waals surface area contributed by atoms with Gasteiger partial charge in [-0.3, -0.25) is 4.72 Å². The van der Waals surface area contributed by atoms with E-state index in [4.69, 9.17) is 33.5 Å². The Balaban J connectivity index is 2.28. The molecular weight excluding hydrogens is 529 g/mol. The van der Waals surface area contributed by atoms with E-state index >= 15 is 0 Å². The van der Waals surface area contributed by atoms with Gasteiger partial charge in [0.1, 0.15) is 8.96 Å². The van der Waals surface area contributed by atoms with Crippen LogP contribution in [0.2, 0.25) is 10.0 Å². The van der Waals surface area contributed by atoms with Gasteiger partial charge >= 0.3 is 0 Å². The van der Waals surface area contributed by atoms with Gasteiger partial charge in [0, 0.05) is 12.0 Å². The molecule has 31 heavy (non-hydrogen) atoms. The smallest absolute Gasteiger partial charge is 0.271 e. The van der Waals surface area contributed by atoms with Crippen LogP contribution in [0.3, 0.4) is 0 Å². The fourth-order valence-electron chi connectivity index (χ4n) is 3.01. The topological polar surface area (TPSA) is 166 Å². The third kappa shape index (κ3) is 4.68. The van der Waals surface area contributed by atoms with Gasteiger partial charge in [-0.05, 0) is 29.7 Å². The van der Waals surface area contributed by atoms with Crippen LogP contribution in [0.4, 0.5) is 5.69 Å². The normalized spacial score (nSPS) is 19.8. The number of halogens is 2. The molecule has 1 atom stereocenters. The molecule has 1 aliphatic rings. The van der Waals surface area contributed by atoms with Crippen LogP contribution < -0.4 is 15.0 Å². The van der Waals surface area contributed by atoms with Crippen LogP contribution in [0.5, 0.6) is 0 Å². The lowest BCUT2D eigenvalue weighted by molar-refractivity contribution is 0.555. The number of primary sulfonamides is 2. The van der Waals surface area contributed by atoms with Gasteiger partial charge in [-0.25, -0.2) is 35.5 Å². The zero-order chi connectivity index (χ0) is 23.2. The number of rotatable bonds is 6. The minimum atomic E-state index is -4.58. The summed E-state index contributed by atoms with van der Waals surface area (Å²) in [5.41, 5.74) is -0.452. The van der Waals surface area contributed by atoms with Crippen molar-refractivity contribution in [3.63, 3.8) is 0 Å². The molecule has 168 valence electrons. The molecule has 1 aromatic heterocycles. The van der Waals surface area contributed by atoms with Gasteiger partial charge in [-0.15, -0.1) is 11.3 Å². The molecule has 5 N–H and O–H groups in total. The highest BCUT2D eigenvalue weighted by molar-refractivity contribution is 7.94. The Bertz CT molecular complexity index is 1420. The van der Waals surface area contributed by atoms with Crippen molar-refractivity contribution in [1.29, 1.82) is 0 Å². The summed E-state index contributed by atoms with van der Waals surface area (Å²) in [4.78, 5) is -0.415. The molecule has 0 aliphatic heterocycles. The van der Waals surface area contributed by atoms with Gasteiger partial charge in [0.25, 0.3) is 10.0 Å². The largest absolute Gasteiger partial charge is 0.279 e. The molecule has 1 unspecified atom stereocenters. The van der Waals surface area contributed by atoms with Crippen LogP contribution in [-0.4, -0.2) is 25.3 Å². The summed E-state index contributed by atoms with van der Waals surface area (Å²) in [6.07, 6.45) is 2.76. The maximum absolute atomic E-state index is 12.8. The summed E-state index contributed by atoms with van der Waals surface area (Å²) in [5, 5.41) is 12.1. The maximum Gasteiger partial charge on any atom is 0.271 e. The molecule has 0 saturated carbocycles. The summed E-state index contributed by atoms with van der Waals surface area (Å²) in [6.45, 7) is 0. The molecule has 3 rings (SSSR count). The van der Waals surface area contributed by atoms with Crippen molar-refractivity contribution >= 4 is 70.3 Å². The van der Waals surface area contributed by atoms with E-state index in [9.17, 15) is 25.3 Å². The van der Waals surface area contributed by atoms with Crippen molar-refractivity contribution in [2.24, 2.45) is 10.3 Å². The van der Waals surface area contributed by atoms with Crippen molar-refractivity contribution in [2.75, 3.05) is 4.72 Å². The molecule has 0 saturated heterocycles. The van der Waals surface area contributed by atoms with Crippen molar-refractivity contribution in [3.05, 3.63) is 68.4 Å². The molecule has 0 radical (unpaired) electrons. The zero-order valence-electron chi connectivity index (χ0n) is 15.3. The fraction of sp³-hybridized carbons (Fsp3) is 0.125. The van der Waals surface area contributed by atoms with Crippen LogP contribution in [-0.2, 0) is 34.8 Å². The average Bonchev–Trinajstić information content (AvgIpc) is 3.18. The minimum absolute atomic E-state index is 0.0431. The van der Waals surface area contributed by atoms with E-state index in [1.54, 1.807) is 5.38 Å². The molecule has 1 aliphatic carbocycles. The van der Waals surface area contributed by atoms with Crippen molar-refractivity contribution < 1.29 is 25.3 Å². The Morgan fingerprint density at radius 3 is 2.23 bits per heavy atom. The molecular formula is C16H15Cl2N3O6S4. The van der Waals surface area contributed by atoms with Gasteiger partial charge in [0.05, 0.1) is 20.6 Å². The van der Waals surface area contributed by atoms with Crippen LogP contribution in [0.1, 0.15) is 12.0 Å². The number of sulfonamides is 3. The maximum atomic E-state index is 12.8. The molecule has 0 amide bonds. The molecule has 9 nitrogen and oxygen atoms in total. The predicted octanol–water partition coefficient (Wildman–Crippen LogP) is 2.47. The summed E-state index contributed by atoms with van der Waals surface area (Å²) in [6, 6.07) is 5.12. The van der Waals surface area contributed by atoms with Crippen molar-refractivity contribution in [3.8, 4) is 0 Å². The first-order valence-corrected chi connectivity index (χ1v) is 14.4. The van der Waals surface area contributed by atoms with E-state index in [0.717, 1.165) is 41.7 Å². The number of nitrogens with two attached hydrogens (primary N) is 2. The summed E-state index contributed by atoms with van der Waals surface area (Å²) >= 11 is 13.1. The van der Waals surface area contributed by atoms with E-state index in [1.807, 2.05) is 0 Å². The van der Waals surface area contributed by atoms with E-state index < -0.39 is 46.1 Å². The van der Waals surface area contributed by atoms with E-state index in [0.29, 0.717) is 0 Å². The third-order valence-electron chi connectivity index (χ3n) is 4.48. The fourth-order valence-corrected chi connectivity index (χ4v) is 7.29. The number of anilines is 1. The first-order chi connectivity index (χ1) is 14.2. The van der Waals surface area contributed by atoms with Crippen LogP contribution >= 0.6 is 34.5 Å².